The van der Waals surface area contributed by atoms with Gasteiger partial charge in [0.15, 0.2) is 6.10 Å². The van der Waals surface area contributed by atoms with Crippen LogP contribution in [0.25, 0.3) is 11.3 Å². The second kappa shape index (κ2) is 8.45. The monoisotopic (exact) mass is 388 g/mol. The van der Waals surface area contributed by atoms with E-state index in [1.807, 2.05) is 61.5 Å². The molecule has 0 fully saturated rings. The molecule has 1 amide bonds. The van der Waals surface area contributed by atoms with Crippen LogP contribution in [0.5, 0.6) is 5.75 Å². The van der Waals surface area contributed by atoms with Crippen LogP contribution in [0.15, 0.2) is 66.9 Å². The minimum Gasteiger partial charge on any atom is -0.487 e. The summed E-state index contributed by atoms with van der Waals surface area (Å²) >= 11 is 0. The Balaban J connectivity index is 1.45. The summed E-state index contributed by atoms with van der Waals surface area (Å²) in [4.78, 5) is 17.2. The SMILES string of the molecule is CO[C@@H](C(=O)NC[C@H]1Cc2cccc(-c3ncccc3C)c2O1)c1ccccc1. The van der Waals surface area contributed by atoms with Gasteiger partial charge in [-0.25, -0.2) is 0 Å². The number of fused-ring (bicyclic) bond motifs is 1. The Labute approximate surface area is 170 Å². The van der Waals surface area contributed by atoms with Crippen LogP contribution in [-0.4, -0.2) is 30.6 Å². The summed E-state index contributed by atoms with van der Waals surface area (Å²) < 4.78 is 11.6. The fourth-order valence-corrected chi connectivity index (χ4v) is 3.74. The first-order chi connectivity index (χ1) is 14.2. The molecule has 5 heteroatoms. The number of nitrogens with one attached hydrogen (secondary N) is 1. The van der Waals surface area contributed by atoms with Gasteiger partial charge >= 0.3 is 0 Å². The van der Waals surface area contributed by atoms with Crippen molar-refractivity contribution in [3.05, 3.63) is 83.6 Å². The average molecular weight is 388 g/mol. The lowest BCUT2D eigenvalue weighted by Gasteiger charge is -2.18. The molecule has 148 valence electrons. The Morgan fingerprint density at radius 1 is 1.17 bits per heavy atom. The molecule has 1 aliphatic heterocycles. The number of hydrogen-bond donors (Lipinski definition) is 1. The Morgan fingerprint density at radius 3 is 2.76 bits per heavy atom. The normalized spacial score (nSPS) is 16.0. The summed E-state index contributed by atoms with van der Waals surface area (Å²) in [5.41, 5.74) is 4.99. The maximum atomic E-state index is 12.6. The van der Waals surface area contributed by atoms with Crippen LogP contribution in [0.1, 0.15) is 22.8 Å². The van der Waals surface area contributed by atoms with E-state index in [0.29, 0.717) is 6.54 Å². The third kappa shape index (κ3) is 4.00. The molecule has 1 aliphatic rings. The van der Waals surface area contributed by atoms with Crippen LogP contribution in [0.2, 0.25) is 0 Å². The van der Waals surface area contributed by atoms with Gasteiger partial charge < -0.3 is 14.8 Å². The van der Waals surface area contributed by atoms with Crippen LogP contribution in [-0.2, 0) is 16.0 Å². The van der Waals surface area contributed by atoms with E-state index in [9.17, 15) is 4.79 Å². The molecule has 2 atom stereocenters. The molecule has 0 radical (unpaired) electrons. The number of hydrogen-bond acceptors (Lipinski definition) is 4. The molecule has 29 heavy (non-hydrogen) atoms. The van der Waals surface area contributed by atoms with Gasteiger partial charge in [0.05, 0.1) is 12.2 Å². The first-order valence-electron chi connectivity index (χ1n) is 9.73. The molecule has 0 saturated heterocycles. The van der Waals surface area contributed by atoms with E-state index in [1.165, 1.54) is 0 Å². The van der Waals surface area contributed by atoms with E-state index >= 15 is 0 Å². The number of ether oxygens (including phenoxy) is 2. The first-order valence-corrected chi connectivity index (χ1v) is 9.73. The molecule has 2 heterocycles. The number of rotatable bonds is 6. The molecule has 0 aliphatic carbocycles. The van der Waals surface area contributed by atoms with E-state index in [-0.39, 0.29) is 12.0 Å². The Bertz CT molecular complexity index is 1000. The lowest BCUT2D eigenvalue weighted by Crippen LogP contribution is -2.37. The number of para-hydroxylation sites is 1. The molecule has 5 nitrogen and oxygen atoms in total. The summed E-state index contributed by atoms with van der Waals surface area (Å²) in [5.74, 6) is 0.693. The topological polar surface area (TPSA) is 60.5 Å². The highest BCUT2D eigenvalue weighted by Crippen LogP contribution is 2.38. The highest BCUT2D eigenvalue weighted by molar-refractivity contribution is 5.82. The summed E-state index contributed by atoms with van der Waals surface area (Å²) in [7, 11) is 1.54. The third-order valence-corrected chi connectivity index (χ3v) is 5.17. The van der Waals surface area contributed by atoms with Crippen molar-refractivity contribution < 1.29 is 14.3 Å². The second-order valence-electron chi connectivity index (χ2n) is 7.18. The summed E-state index contributed by atoms with van der Waals surface area (Å²) in [6, 6.07) is 19.6. The van der Waals surface area contributed by atoms with Gasteiger partial charge in [-0.3, -0.25) is 9.78 Å². The second-order valence-corrected chi connectivity index (χ2v) is 7.18. The van der Waals surface area contributed by atoms with Crippen molar-refractivity contribution in [1.29, 1.82) is 0 Å². The minimum absolute atomic E-state index is 0.118. The maximum Gasteiger partial charge on any atom is 0.253 e. The lowest BCUT2D eigenvalue weighted by atomic mass is 10.0. The van der Waals surface area contributed by atoms with Gasteiger partial charge in [0.2, 0.25) is 0 Å². The predicted octanol–water partition coefficient (Wildman–Crippen LogP) is 3.86. The number of aromatic nitrogens is 1. The predicted molar refractivity (Wildman–Crippen MR) is 112 cm³/mol. The Hall–Kier alpha value is -3.18. The van der Waals surface area contributed by atoms with Crippen LogP contribution in [0.3, 0.4) is 0 Å². The average Bonchev–Trinajstić information content (AvgIpc) is 3.17. The van der Waals surface area contributed by atoms with E-state index in [0.717, 1.165) is 40.1 Å². The van der Waals surface area contributed by atoms with E-state index < -0.39 is 6.10 Å². The third-order valence-electron chi connectivity index (χ3n) is 5.17. The smallest absolute Gasteiger partial charge is 0.253 e. The van der Waals surface area contributed by atoms with Crippen molar-refractivity contribution in [2.24, 2.45) is 0 Å². The van der Waals surface area contributed by atoms with Gasteiger partial charge in [-0.1, -0.05) is 48.5 Å². The zero-order chi connectivity index (χ0) is 20.2. The van der Waals surface area contributed by atoms with Gasteiger partial charge in [-0.15, -0.1) is 0 Å². The highest BCUT2D eigenvalue weighted by atomic mass is 16.5. The first kappa shape index (κ1) is 19.2. The van der Waals surface area contributed by atoms with Crippen LogP contribution >= 0.6 is 0 Å². The van der Waals surface area contributed by atoms with Gasteiger partial charge in [0.25, 0.3) is 5.91 Å². The van der Waals surface area contributed by atoms with Gasteiger partial charge in [-0.05, 0) is 35.7 Å². The molecular formula is C24H24N2O3. The fraction of sp³-hybridized carbons (Fsp3) is 0.250. The summed E-state index contributed by atoms with van der Waals surface area (Å²) in [6.45, 7) is 2.46. The van der Waals surface area contributed by atoms with Crippen molar-refractivity contribution in [2.45, 2.75) is 25.6 Å². The summed E-state index contributed by atoms with van der Waals surface area (Å²) in [5, 5.41) is 2.98. The molecule has 4 rings (SSSR count). The number of carbonyl (C=O) groups is 1. The lowest BCUT2D eigenvalue weighted by molar-refractivity contribution is -0.131. The molecule has 0 saturated carbocycles. The molecule has 0 spiro atoms. The highest BCUT2D eigenvalue weighted by Gasteiger charge is 2.28. The number of aryl methyl sites for hydroxylation is 1. The van der Waals surface area contributed by atoms with Crippen molar-refractivity contribution in [3.8, 4) is 17.0 Å². The fourth-order valence-electron chi connectivity index (χ4n) is 3.74. The number of nitrogens with zero attached hydrogens (tertiary/aromatic N) is 1. The molecule has 1 N–H and O–H groups in total. The molecular weight excluding hydrogens is 364 g/mol. The van der Waals surface area contributed by atoms with Crippen LogP contribution in [0.4, 0.5) is 0 Å². The van der Waals surface area contributed by atoms with Crippen molar-refractivity contribution in [3.63, 3.8) is 0 Å². The molecule has 1 aromatic heterocycles. The quantitative estimate of drug-likeness (QED) is 0.697. The Kier molecular flexibility index (Phi) is 5.58. The number of methoxy groups -OCH3 is 1. The van der Waals surface area contributed by atoms with Crippen molar-refractivity contribution in [1.82, 2.24) is 10.3 Å². The maximum absolute atomic E-state index is 12.6. The summed E-state index contributed by atoms with van der Waals surface area (Å²) in [6.07, 6.45) is 1.79. The standard InChI is InChI=1S/C24H24N2O3/c1-16-8-7-13-25-21(16)20-12-6-11-18-14-19(29-22(18)20)15-26-24(27)23(28-2)17-9-4-3-5-10-17/h3-13,19,23H,14-15H2,1-2H3,(H,26,27)/t19-,23-/m1/s1. The van der Waals surface area contributed by atoms with Crippen LogP contribution < -0.4 is 10.1 Å². The zero-order valence-corrected chi connectivity index (χ0v) is 16.6. The number of carbonyl (C=O) groups excluding carboxylic acids is 1. The minimum atomic E-state index is -0.633. The van der Waals surface area contributed by atoms with Crippen LogP contribution in [0, 0.1) is 6.92 Å². The zero-order valence-electron chi connectivity index (χ0n) is 16.6. The van der Waals surface area contributed by atoms with Gasteiger partial charge in [0, 0.05) is 25.3 Å². The number of pyridine rings is 1. The molecule has 0 bridgehead atoms. The largest absolute Gasteiger partial charge is 0.487 e. The number of benzene rings is 2. The van der Waals surface area contributed by atoms with Gasteiger partial charge in [0.1, 0.15) is 11.9 Å². The van der Waals surface area contributed by atoms with Gasteiger partial charge in [-0.2, -0.15) is 0 Å². The van der Waals surface area contributed by atoms with E-state index in [2.05, 4.69) is 16.4 Å². The van der Waals surface area contributed by atoms with E-state index in [4.69, 9.17) is 9.47 Å². The Morgan fingerprint density at radius 2 is 2.00 bits per heavy atom. The van der Waals surface area contributed by atoms with E-state index in [1.54, 1.807) is 13.3 Å². The molecule has 0 unspecified atom stereocenters. The number of amides is 1. The van der Waals surface area contributed by atoms with Crippen molar-refractivity contribution in [2.75, 3.05) is 13.7 Å². The molecule has 3 aromatic rings. The van der Waals surface area contributed by atoms with Crippen molar-refractivity contribution >= 4 is 5.91 Å². The molecule has 2 aromatic carbocycles.